The summed E-state index contributed by atoms with van der Waals surface area (Å²) in [5.41, 5.74) is 2.32. The highest BCUT2D eigenvalue weighted by Crippen LogP contribution is 2.39. The summed E-state index contributed by atoms with van der Waals surface area (Å²) in [5, 5.41) is 3.55. The van der Waals surface area contributed by atoms with Crippen molar-refractivity contribution in [3.63, 3.8) is 0 Å². The predicted molar refractivity (Wildman–Crippen MR) is 164 cm³/mol. The highest BCUT2D eigenvalue weighted by molar-refractivity contribution is 7.87. The number of nitrogens with zero attached hydrogens (tertiary/aromatic N) is 2. The van der Waals surface area contributed by atoms with Crippen molar-refractivity contribution in [2.45, 2.75) is 63.6 Å². The molecule has 0 saturated carbocycles. The fourth-order valence-corrected chi connectivity index (χ4v) is 6.83. The maximum Gasteiger partial charge on any atom is 0.419 e. The highest BCUT2D eigenvalue weighted by atomic mass is 32.2. The van der Waals surface area contributed by atoms with E-state index in [-0.39, 0.29) is 22.8 Å². The molecule has 44 heavy (non-hydrogen) atoms. The number of carbonyl (C=O) groups is 2. The van der Waals surface area contributed by atoms with E-state index in [1.807, 2.05) is 18.2 Å². The van der Waals surface area contributed by atoms with E-state index in [9.17, 15) is 22.4 Å². The van der Waals surface area contributed by atoms with Gasteiger partial charge in [-0.15, -0.1) is 0 Å². The molecule has 11 heteroatoms. The Morgan fingerprint density at radius 1 is 1.00 bits per heavy atom. The number of piperidine rings is 1. The molecule has 0 unspecified atom stereocenters. The number of rotatable bonds is 6. The maximum absolute atomic E-state index is 13.8. The molecular formula is C33H34FN3O6S. The van der Waals surface area contributed by atoms with Gasteiger partial charge in [-0.3, -0.25) is 9.69 Å². The van der Waals surface area contributed by atoms with Gasteiger partial charge in [0.05, 0.1) is 16.8 Å². The van der Waals surface area contributed by atoms with Gasteiger partial charge >= 0.3 is 16.2 Å². The maximum atomic E-state index is 13.8. The number of benzene rings is 3. The summed E-state index contributed by atoms with van der Waals surface area (Å²) < 4.78 is 52.4. The number of amides is 1. The first-order chi connectivity index (χ1) is 20.9. The number of nitrogens with one attached hydrogen (secondary N) is 1. The predicted octanol–water partition coefficient (Wildman–Crippen LogP) is 6.23. The van der Waals surface area contributed by atoms with Crippen LogP contribution in [0, 0.1) is 5.82 Å². The first kappa shape index (κ1) is 29.8. The van der Waals surface area contributed by atoms with Gasteiger partial charge in [0.2, 0.25) is 0 Å². The molecule has 0 aliphatic carbocycles. The minimum absolute atomic E-state index is 0.0165. The van der Waals surface area contributed by atoms with E-state index in [0.29, 0.717) is 22.3 Å². The lowest BCUT2D eigenvalue weighted by Gasteiger charge is -2.26. The van der Waals surface area contributed by atoms with Crippen molar-refractivity contribution in [2.75, 3.05) is 13.1 Å². The minimum Gasteiger partial charge on any atom is -0.443 e. The summed E-state index contributed by atoms with van der Waals surface area (Å²) in [5.74, 6) is -1.22. The van der Waals surface area contributed by atoms with Crippen LogP contribution >= 0.6 is 0 Å². The van der Waals surface area contributed by atoms with Gasteiger partial charge in [-0.2, -0.15) is 8.42 Å². The van der Waals surface area contributed by atoms with Gasteiger partial charge in [-0.1, -0.05) is 18.6 Å². The Kier molecular flexibility index (Phi) is 7.71. The lowest BCUT2D eigenvalue weighted by molar-refractivity contribution is 0.0546. The number of carbonyl (C=O) groups excluding carboxylic acids is 2. The molecule has 1 fully saturated rings. The van der Waals surface area contributed by atoms with Crippen LogP contribution in [0.2, 0.25) is 0 Å². The van der Waals surface area contributed by atoms with Crippen LogP contribution in [-0.2, 0) is 27.9 Å². The zero-order valence-electron chi connectivity index (χ0n) is 24.9. The molecule has 3 aromatic carbocycles. The van der Waals surface area contributed by atoms with Crippen LogP contribution in [0.1, 0.15) is 61.5 Å². The normalized spacial score (nSPS) is 15.7. The number of hydrogen-bond acceptors (Lipinski definition) is 7. The second-order valence-electron chi connectivity index (χ2n) is 12.2. The summed E-state index contributed by atoms with van der Waals surface area (Å²) in [6.07, 6.45) is 3.00. The van der Waals surface area contributed by atoms with Crippen LogP contribution in [0.3, 0.4) is 0 Å². The van der Waals surface area contributed by atoms with Crippen molar-refractivity contribution >= 4 is 33.0 Å². The molecular weight excluding hydrogens is 585 g/mol. The molecule has 1 aromatic heterocycles. The van der Waals surface area contributed by atoms with Crippen LogP contribution in [0.15, 0.2) is 65.6 Å². The Morgan fingerprint density at radius 3 is 2.50 bits per heavy atom. The molecule has 2 aliphatic rings. The summed E-state index contributed by atoms with van der Waals surface area (Å²) in [6.45, 7) is 8.25. The van der Waals surface area contributed by atoms with Crippen molar-refractivity contribution in [2.24, 2.45) is 0 Å². The fraction of sp³-hybridized carbons (Fsp3) is 0.333. The zero-order valence-corrected chi connectivity index (χ0v) is 25.7. The Hall–Kier alpha value is -4.22. The SMILES string of the molecule is CC(C)(C)OC(=O)n1c(-c2ccc(OS(=O)(=O)c3cccc(F)c3)c3c2C(=O)NC3)cc2cc(CN3CCCCC3)ccc21. The van der Waals surface area contributed by atoms with Crippen molar-refractivity contribution < 1.29 is 31.3 Å². The molecule has 6 rings (SSSR count). The smallest absolute Gasteiger partial charge is 0.419 e. The molecule has 1 saturated heterocycles. The molecule has 1 amide bonds. The number of fused-ring (bicyclic) bond motifs is 2. The molecule has 0 bridgehead atoms. The summed E-state index contributed by atoms with van der Waals surface area (Å²) in [7, 11) is -4.39. The lowest BCUT2D eigenvalue weighted by atomic mass is 9.99. The molecule has 3 heterocycles. The number of likely N-dealkylation sites (tertiary alicyclic amines) is 1. The first-order valence-electron chi connectivity index (χ1n) is 14.6. The van der Waals surface area contributed by atoms with Crippen molar-refractivity contribution in [1.82, 2.24) is 14.8 Å². The van der Waals surface area contributed by atoms with Crippen LogP contribution in [0.4, 0.5) is 9.18 Å². The van der Waals surface area contributed by atoms with E-state index >= 15 is 0 Å². The van der Waals surface area contributed by atoms with Gasteiger partial charge in [-0.25, -0.2) is 13.8 Å². The van der Waals surface area contributed by atoms with Crippen molar-refractivity contribution in [1.29, 1.82) is 0 Å². The number of hydrogen-bond donors (Lipinski definition) is 1. The average Bonchev–Trinajstić information content (AvgIpc) is 3.54. The van der Waals surface area contributed by atoms with Crippen molar-refractivity contribution in [3.05, 3.63) is 83.2 Å². The zero-order chi connectivity index (χ0) is 31.2. The number of ether oxygens (including phenoxy) is 1. The van der Waals surface area contributed by atoms with Gasteiger partial charge in [0.1, 0.15) is 22.1 Å². The van der Waals surface area contributed by atoms with Gasteiger partial charge in [-0.05, 0) is 101 Å². The summed E-state index contributed by atoms with van der Waals surface area (Å²) >= 11 is 0. The molecule has 0 radical (unpaired) electrons. The molecule has 230 valence electrons. The summed E-state index contributed by atoms with van der Waals surface area (Å²) in [4.78, 5) is 28.9. The van der Waals surface area contributed by atoms with E-state index in [1.54, 1.807) is 26.8 Å². The van der Waals surface area contributed by atoms with Crippen LogP contribution in [0.5, 0.6) is 5.75 Å². The number of halogens is 1. The standard InChI is InChI=1S/C33H34FN3O6S/c1-33(2,3)42-32(39)37-27-12-10-21(20-36-14-5-4-6-15-36)16-22(27)17-28(37)25-11-13-29(26-19-35-31(38)30(25)26)43-44(40,41)24-9-7-8-23(34)18-24/h7-13,16-18H,4-6,14-15,19-20H2,1-3H3,(H,35,38). The molecule has 4 aromatic rings. The molecule has 1 N–H and O–H groups in total. The highest BCUT2D eigenvalue weighted by Gasteiger charge is 2.32. The quantitative estimate of drug-likeness (QED) is 0.255. The molecule has 0 spiro atoms. The van der Waals surface area contributed by atoms with Crippen LogP contribution in [-0.4, -0.2) is 48.6 Å². The Balaban J connectivity index is 1.45. The fourth-order valence-electron chi connectivity index (χ4n) is 5.84. The van der Waals surface area contributed by atoms with Crippen molar-refractivity contribution in [3.8, 4) is 17.0 Å². The van der Waals surface area contributed by atoms with E-state index < -0.39 is 33.5 Å². The average molecular weight is 620 g/mol. The third-order valence-corrected chi connectivity index (χ3v) is 9.01. The van der Waals surface area contributed by atoms with Gasteiger partial charge in [0.15, 0.2) is 0 Å². The Morgan fingerprint density at radius 2 is 1.77 bits per heavy atom. The topological polar surface area (TPSA) is 107 Å². The van der Waals surface area contributed by atoms with E-state index in [0.717, 1.165) is 42.7 Å². The Labute approximate surface area is 255 Å². The van der Waals surface area contributed by atoms with Gasteiger partial charge in [0.25, 0.3) is 5.91 Å². The third-order valence-electron chi connectivity index (χ3n) is 7.78. The molecule has 9 nitrogen and oxygen atoms in total. The molecule has 2 aliphatic heterocycles. The Bertz CT molecular complexity index is 1890. The van der Waals surface area contributed by atoms with E-state index in [1.165, 1.54) is 42.0 Å². The van der Waals surface area contributed by atoms with Gasteiger partial charge < -0.3 is 14.2 Å². The number of aromatic nitrogens is 1. The second kappa shape index (κ2) is 11.4. The van der Waals surface area contributed by atoms with Crippen LogP contribution in [0.25, 0.3) is 22.2 Å². The first-order valence-corrected chi connectivity index (χ1v) is 16.0. The van der Waals surface area contributed by atoms with E-state index in [2.05, 4.69) is 16.3 Å². The largest absolute Gasteiger partial charge is 0.443 e. The summed E-state index contributed by atoms with van der Waals surface area (Å²) in [6, 6.07) is 15.3. The third kappa shape index (κ3) is 5.94. The lowest BCUT2D eigenvalue weighted by Crippen LogP contribution is -2.29. The van der Waals surface area contributed by atoms with E-state index in [4.69, 9.17) is 8.92 Å². The second-order valence-corrected chi connectivity index (χ2v) is 13.8. The monoisotopic (exact) mass is 619 g/mol. The minimum atomic E-state index is -4.39. The molecule has 0 atom stereocenters. The van der Waals surface area contributed by atoms with Crippen LogP contribution < -0.4 is 9.50 Å². The van der Waals surface area contributed by atoms with Gasteiger partial charge in [0, 0.05) is 29.6 Å².